The zero-order chi connectivity index (χ0) is 24.7. The van der Waals surface area contributed by atoms with E-state index in [9.17, 15) is 23.2 Å². The van der Waals surface area contributed by atoms with Crippen LogP contribution < -0.4 is 15.6 Å². The van der Waals surface area contributed by atoms with Crippen molar-refractivity contribution in [2.75, 3.05) is 5.32 Å². The highest BCUT2D eigenvalue weighted by atomic mass is 35.5. The molecule has 1 aliphatic heterocycles. The Morgan fingerprint density at radius 2 is 1.74 bits per heavy atom. The lowest BCUT2D eigenvalue weighted by atomic mass is 10.0. The van der Waals surface area contributed by atoms with Crippen LogP contribution in [0.2, 0.25) is 5.02 Å². The number of rotatable bonds is 5. The van der Waals surface area contributed by atoms with Gasteiger partial charge >= 0.3 is 0 Å². The number of fused-ring (bicyclic) bond motifs is 2. The van der Waals surface area contributed by atoms with Crippen molar-refractivity contribution in [3.8, 4) is 5.75 Å². The molecule has 5 rings (SSSR count). The number of aromatic nitrogens is 1. The molecular formula is C25H15ClF2N2O5. The number of nitrogens with zero attached hydrogens (tertiary/aromatic N) is 1. The molecule has 0 saturated carbocycles. The van der Waals surface area contributed by atoms with Crippen LogP contribution in [0.25, 0.3) is 10.9 Å². The van der Waals surface area contributed by atoms with E-state index in [0.717, 1.165) is 12.1 Å². The standard InChI is InChI=1S/C25H15ClF2N2O5/c26-15-1-3-18(4-2-15)29-23(31)11-30-10-20(24(32)13-5-16(27)8-17(28)6-13)25(33)19-9-22-14(7-21(19)30)12-34-35-22/h1-10H,11-12H2,(H,29,31). The van der Waals surface area contributed by atoms with Gasteiger partial charge < -0.3 is 14.8 Å². The fraction of sp³-hybridized carbons (Fsp3) is 0.0800. The quantitative estimate of drug-likeness (QED) is 0.322. The van der Waals surface area contributed by atoms with Crippen molar-refractivity contribution >= 4 is 39.9 Å². The normalized spacial score (nSPS) is 12.3. The summed E-state index contributed by atoms with van der Waals surface area (Å²) in [4.78, 5) is 49.2. The Balaban J connectivity index is 1.60. The monoisotopic (exact) mass is 496 g/mol. The zero-order valence-electron chi connectivity index (χ0n) is 17.8. The van der Waals surface area contributed by atoms with E-state index in [4.69, 9.17) is 21.4 Å². The first-order valence-electron chi connectivity index (χ1n) is 10.3. The molecule has 7 nitrogen and oxygen atoms in total. The average Bonchev–Trinajstić information content (AvgIpc) is 3.28. The number of amides is 1. The van der Waals surface area contributed by atoms with Gasteiger partial charge in [-0.3, -0.25) is 14.4 Å². The number of hydrogen-bond acceptors (Lipinski definition) is 5. The van der Waals surface area contributed by atoms with Crippen molar-refractivity contribution < 1.29 is 28.1 Å². The van der Waals surface area contributed by atoms with Gasteiger partial charge in [0.25, 0.3) is 0 Å². The average molecular weight is 497 g/mol. The molecule has 1 amide bonds. The first kappa shape index (κ1) is 22.7. The van der Waals surface area contributed by atoms with Gasteiger partial charge in [0, 0.05) is 34.1 Å². The molecule has 10 heteroatoms. The lowest BCUT2D eigenvalue weighted by Gasteiger charge is -2.14. The summed E-state index contributed by atoms with van der Waals surface area (Å²) < 4.78 is 28.9. The largest absolute Gasteiger partial charge is 0.337 e. The number of anilines is 1. The van der Waals surface area contributed by atoms with Crippen LogP contribution in [-0.4, -0.2) is 16.3 Å². The van der Waals surface area contributed by atoms with Gasteiger partial charge in [0.15, 0.2) is 11.5 Å². The predicted octanol–water partition coefficient (Wildman–Crippen LogP) is 4.63. The summed E-state index contributed by atoms with van der Waals surface area (Å²) in [6, 6.07) is 11.8. The third kappa shape index (κ3) is 4.51. The molecule has 176 valence electrons. The van der Waals surface area contributed by atoms with Crippen molar-refractivity contribution in [1.29, 1.82) is 0 Å². The molecule has 0 saturated heterocycles. The lowest BCUT2D eigenvalue weighted by molar-refractivity contribution is -0.194. The van der Waals surface area contributed by atoms with Gasteiger partial charge in [0.2, 0.25) is 11.3 Å². The number of benzene rings is 3. The van der Waals surface area contributed by atoms with Crippen molar-refractivity contribution in [3.05, 3.63) is 104 Å². The van der Waals surface area contributed by atoms with Gasteiger partial charge in [-0.05, 0) is 48.5 Å². The third-order valence-corrected chi connectivity index (χ3v) is 5.69. The van der Waals surface area contributed by atoms with Crippen LogP contribution >= 0.6 is 11.6 Å². The molecular weight excluding hydrogens is 482 g/mol. The molecule has 0 fully saturated rings. The van der Waals surface area contributed by atoms with E-state index in [0.29, 0.717) is 33.6 Å². The number of carbonyl (C=O) groups excluding carboxylic acids is 2. The molecule has 35 heavy (non-hydrogen) atoms. The van der Waals surface area contributed by atoms with E-state index in [1.807, 2.05) is 0 Å². The number of hydrogen-bond donors (Lipinski definition) is 1. The minimum absolute atomic E-state index is 0.0799. The summed E-state index contributed by atoms with van der Waals surface area (Å²) in [7, 11) is 0. The molecule has 1 N–H and O–H groups in total. The Kier molecular flexibility index (Phi) is 5.80. The van der Waals surface area contributed by atoms with Crippen LogP contribution in [0.4, 0.5) is 14.5 Å². The molecule has 0 spiro atoms. The van der Waals surface area contributed by atoms with E-state index in [-0.39, 0.29) is 29.7 Å². The van der Waals surface area contributed by atoms with Crippen molar-refractivity contribution in [1.82, 2.24) is 4.57 Å². The molecule has 3 aromatic carbocycles. The number of halogens is 3. The van der Waals surface area contributed by atoms with Crippen LogP contribution in [0, 0.1) is 11.6 Å². The van der Waals surface area contributed by atoms with Gasteiger partial charge in [-0.15, -0.1) is 0 Å². The van der Waals surface area contributed by atoms with E-state index in [1.54, 1.807) is 30.3 Å². The Hall–Kier alpha value is -4.08. The fourth-order valence-electron chi connectivity index (χ4n) is 3.83. The Bertz CT molecular complexity index is 1550. The number of nitrogens with one attached hydrogen (secondary N) is 1. The minimum Gasteiger partial charge on any atom is -0.337 e. The number of pyridine rings is 1. The summed E-state index contributed by atoms with van der Waals surface area (Å²) >= 11 is 5.88. The van der Waals surface area contributed by atoms with Gasteiger partial charge in [0.05, 0.1) is 16.5 Å². The second kappa shape index (κ2) is 8.94. The molecule has 1 aromatic heterocycles. The first-order chi connectivity index (χ1) is 16.8. The predicted molar refractivity (Wildman–Crippen MR) is 123 cm³/mol. The summed E-state index contributed by atoms with van der Waals surface area (Å²) in [5, 5.41) is 3.30. The minimum atomic E-state index is -0.958. The zero-order valence-corrected chi connectivity index (χ0v) is 18.6. The third-order valence-electron chi connectivity index (χ3n) is 5.44. The molecule has 0 bridgehead atoms. The highest BCUT2D eigenvalue weighted by Crippen LogP contribution is 2.30. The second-order valence-electron chi connectivity index (χ2n) is 7.86. The maximum Gasteiger partial charge on any atom is 0.244 e. The summed E-state index contributed by atoms with van der Waals surface area (Å²) in [6.07, 6.45) is 1.21. The summed E-state index contributed by atoms with van der Waals surface area (Å²) in [5.74, 6) is -2.95. The molecule has 0 unspecified atom stereocenters. The molecule has 0 atom stereocenters. The van der Waals surface area contributed by atoms with Crippen LogP contribution in [0.15, 0.2) is 65.6 Å². The van der Waals surface area contributed by atoms with Crippen molar-refractivity contribution in [2.45, 2.75) is 13.2 Å². The highest BCUT2D eigenvalue weighted by molar-refractivity contribution is 6.30. The topological polar surface area (TPSA) is 86.6 Å². The maximum atomic E-state index is 13.7. The van der Waals surface area contributed by atoms with Crippen molar-refractivity contribution in [2.24, 2.45) is 0 Å². The van der Waals surface area contributed by atoms with E-state index in [1.165, 1.54) is 16.8 Å². The van der Waals surface area contributed by atoms with Gasteiger partial charge in [-0.25, -0.2) is 8.78 Å². The van der Waals surface area contributed by atoms with E-state index >= 15 is 0 Å². The summed E-state index contributed by atoms with van der Waals surface area (Å²) in [6.45, 7) is -0.128. The molecule has 0 radical (unpaired) electrons. The van der Waals surface area contributed by atoms with Gasteiger partial charge in [0.1, 0.15) is 24.8 Å². The lowest BCUT2D eigenvalue weighted by Crippen LogP contribution is -2.24. The van der Waals surface area contributed by atoms with Crippen LogP contribution in [0.1, 0.15) is 21.5 Å². The molecule has 4 aromatic rings. The van der Waals surface area contributed by atoms with Crippen LogP contribution in [0.5, 0.6) is 5.75 Å². The SMILES string of the molecule is O=C(Cn1cc(C(=O)c2cc(F)cc(F)c2)c(=O)c2cc3c(cc21)COO3)Nc1ccc(Cl)cc1. The first-order valence-corrected chi connectivity index (χ1v) is 10.7. The van der Waals surface area contributed by atoms with Crippen LogP contribution in [-0.2, 0) is 22.8 Å². The smallest absolute Gasteiger partial charge is 0.244 e. The number of ketones is 1. The van der Waals surface area contributed by atoms with E-state index < -0.39 is 28.8 Å². The molecule has 2 heterocycles. The molecule has 0 aliphatic carbocycles. The van der Waals surface area contributed by atoms with Crippen LogP contribution in [0.3, 0.4) is 0 Å². The maximum absolute atomic E-state index is 13.7. The Morgan fingerprint density at radius 1 is 1.03 bits per heavy atom. The summed E-state index contributed by atoms with van der Waals surface area (Å²) in [5.41, 5.74) is 0.130. The van der Waals surface area contributed by atoms with Gasteiger partial charge in [-0.2, -0.15) is 4.89 Å². The second-order valence-corrected chi connectivity index (χ2v) is 8.30. The van der Waals surface area contributed by atoms with E-state index in [2.05, 4.69) is 5.32 Å². The highest BCUT2D eigenvalue weighted by Gasteiger charge is 2.23. The number of carbonyl (C=O) groups is 2. The Labute approximate surface area is 201 Å². The molecule has 1 aliphatic rings. The van der Waals surface area contributed by atoms with Crippen molar-refractivity contribution in [3.63, 3.8) is 0 Å². The van der Waals surface area contributed by atoms with Gasteiger partial charge in [-0.1, -0.05) is 11.6 Å². The fourth-order valence-corrected chi connectivity index (χ4v) is 3.95. The Morgan fingerprint density at radius 3 is 2.46 bits per heavy atom.